The van der Waals surface area contributed by atoms with Gasteiger partial charge in [0.1, 0.15) is 16.5 Å². The third-order valence-electron chi connectivity index (χ3n) is 5.44. The third kappa shape index (κ3) is 4.66. The van der Waals surface area contributed by atoms with Crippen LogP contribution in [0.2, 0.25) is 0 Å². The number of amides is 1. The Labute approximate surface area is 199 Å². The number of carbonyl (C=O) groups is 1. The van der Waals surface area contributed by atoms with E-state index in [-0.39, 0.29) is 18.7 Å². The quantitative estimate of drug-likeness (QED) is 0.449. The van der Waals surface area contributed by atoms with Crippen molar-refractivity contribution < 1.29 is 22.7 Å². The molecule has 0 fully saturated rings. The predicted molar refractivity (Wildman–Crippen MR) is 121 cm³/mol. The molecule has 3 aromatic rings. The highest BCUT2D eigenvalue weighted by Gasteiger charge is 2.39. The van der Waals surface area contributed by atoms with Gasteiger partial charge in [0.05, 0.1) is 6.54 Å². The molecule has 1 aliphatic heterocycles. The second-order valence-corrected chi connectivity index (χ2v) is 10.3. The van der Waals surface area contributed by atoms with Crippen LogP contribution in [0.15, 0.2) is 36.5 Å². The van der Waals surface area contributed by atoms with Crippen LogP contribution in [0.5, 0.6) is 0 Å². The SMILES string of the molecule is Cn1cc(-c2ccccc2[C@@H]2CN(C(=O)OC(C)(C)C)Cc3sc(C#N)cc32)c(C(F)(F)F)n1. The molecule has 0 saturated carbocycles. The molecule has 0 saturated heterocycles. The van der Waals surface area contributed by atoms with Crippen molar-refractivity contribution in [3.63, 3.8) is 0 Å². The van der Waals surface area contributed by atoms with Crippen LogP contribution in [0.1, 0.15) is 53.3 Å². The second-order valence-electron chi connectivity index (χ2n) is 9.16. The van der Waals surface area contributed by atoms with Gasteiger partial charge in [-0.05, 0) is 43.5 Å². The molecule has 1 aromatic carbocycles. The van der Waals surface area contributed by atoms with E-state index in [2.05, 4.69) is 11.2 Å². The fraction of sp³-hybridized carbons (Fsp3) is 0.375. The number of aryl methyl sites for hydroxylation is 1. The average Bonchev–Trinajstić information content (AvgIpc) is 3.34. The molecule has 10 heteroatoms. The van der Waals surface area contributed by atoms with E-state index in [1.807, 2.05) is 0 Å². The van der Waals surface area contributed by atoms with Crippen LogP contribution in [0.3, 0.4) is 0 Å². The summed E-state index contributed by atoms with van der Waals surface area (Å²) >= 11 is 1.28. The Morgan fingerprint density at radius 3 is 2.56 bits per heavy atom. The Bertz CT molecular complexity index is 1280. The number of rotatable bonds is 2. The number of carbonyl (C=O) groups excluding carboxylic acids is 1. The van der Waals surface area contributed by atoms with E-state index in [9.17, 15) is 23.2 Å². The summed E-state index contributed by atoms with van der Waals surface area (Å²) in [5, 5.41) is 13.1. The largest absolute Gasteiger partial charge is 0.444 e. The summed E-state index contributed by atoms with van der Waals surface area (Å²) in [4.78, 5) is 15.7. The Morgan fingerprint density at radius 2 is 1.91 bits per heavy atom. The first kappa shape index (κ1) is 23.8. The number of aromatic nitrogens is 2. The van der Waals surface area contributed by atoms with Gasteiger partial charge in [0.25, 0.3) is 0 Å². The van der Waals surface area contributed by atoms with Gasteiger partial charge in [-0.2, -0.15) is 23.5 Å². The molecule has 178 valence electrons. The number of benzene rings is 1. The summed E-state index contributed by atoms with van der Waals surface area (Å²) in [6.07, 6.45) is -3.78. The van der Waals surface area contributed by atoms with Crippen molar-refractivity contribution in [1.29, 1.82) is 5.26 Å². The number of hydrogen-bond donors (Lipinski definition) is 0. The normalized spacial score (nSPS) is 16.2. The van der Waals surface area contributed by atoms with E-state index in [0.717, 1.165) is 15.1 Å². The predicted octanol–water partition coefficient (Wildman–Crippen LogP) is 5.92. The lowest BCUT2D eigenvalue weighted by Gasteiger charge is -2.35. The van der Waals surface area contributed by atoms with Gasteiger partial charge in [-0.1, -0.05) is 24.3 Å². The van der Waals surface area contributed by atoms with Crippen molar-refractivity contribution in [3.8, 4) is 17.2 Å². The molecule has 0 bridgehead atoms. The smallest absolute Gasteiger partial charge is 0.435 e. The van der Waals surface area contributed by atoms with E-state index in [0.29, 0.717) is 16.0 Å². The molecule has 0 spiro atoms. The van der Waals surface area contributed by atoms with Gasteiger partial charge < -0.3 is 9.64 Å². The molecule has 0 aliphatic carbocycles. The van der Waals surface area contributed by atoms with Crippen molar-refractivity contribution in [1.82, 2.24) is 14.7 Å². The van der Waals surface area contributed by atoms with Crippen LogP contribution in [0.4, 0.5) is 18.0 Å². The summed E-state index contributed by atoms with van der Waals surface area (Å²) < 4.78 is 48.0. The summed E-state index contributed by atoms with van der Waals surface area (Å²) in [5.74, 6) is -0.438. The number of nitrogens with zero attached hydrogens (tertiary/aromatic N) is 4. The minimum atomic E-state index is -4.62. The zero-order chi connectivity index (χ0) is 24.8. The maximum Gasteiger partial charge on any atom is 0.435 e. The summed E-state index contributed by atoms with van der Waals surface area (Å²) in [6.45, 7) is 5.80. The van der Waals surface area contributed by atoms with E-state index >= 15 is 0 Å². The zero-order valence-electron chi connectivity index (χ0n) is 19.1. The molecule has 2 aromatic heterocycles. The summed E-state index contributed by atoms with van der Waals surface area (Å²) in [6, 6.07) is 10.7. The molecule has 1 atom stereocenters. The molecule has 1 amide bonds. The fourth-order valence-corrected chi connectivity index (χ4v) is 5.18. The number of thiophene rings is 1. The number of halogens is 3. The molecule has 0 N–H and O–H groups in total. The first-order chi connectivity index (χ1) is 15.9. The molecular formula is C24H23F3N4O2S. The van der Waals surface area contributed by atoms with E-state index < -0.39 is 29.5 Å². The molecule has 6 nitrogen and oxygen atoms in total. The lowest BCUT2D eigenvalue weighted by atomic mass is 9.84. The fourth-order valence-electron chi connectivity index (χ4n) is 4.15. The van der Waals surface area contributed by atoms with Gasteiger partial charge in [0.15, 0.2) is 5.69 Å². The van der Waals surface area contributed by atoms with Gasteiger partial charge in [0.2, 0.25) is 0 Å². The highest BCUT2D eigenvalue weighted by molar-refractivity contribution is 7.12. The Kier molecular flexibility index (Phi) is 5.94. The summed E-state index contributed by atoms with van der Waals surface area (Å²) in [5.41, 5.74) is 0.150. The van der Waals surface area contributed by atoms with Gasteiger partial charge >= 0.3 is 12.3 Å². The monoisotopic (exact) mass is 488 g/mol. The zero-order valence-corrected chi connectivity index (χ0v) is 19.9. The third-order valence-corrected chi connectivity index (χ3v) is 6.48. The van der Waals surface area contributed by atoms with Crippen LogP contribution < -0.4 is 0 Å². The van der Waals surface area contributed by atoms with Crippen molar-refractivity contribution >= 4 is 17.4 Å². The molecule has 4 rings (SSSR count). The van der Waals surface area contributed by atoms with Gasteiger partial charge in [0, 0.05) is 36.1 Å². The molecule has 34 heavy (non-hydrogen) atoms. The molecule has 0 unspecified atom stereocenters. The van der Waals surface area contributed by atoms with E-state index in [4.69, 9.17) is 4.74 Å². The Morgan fingerprint density at radius 1 is 1.21 bits per heavy atom. The number of hydrogen-bond acceptors (Lipinski definition) is 5. The number of ether oxygens (including phenoxy) is 1. The highest BCUT2D eigenvalue weighted by atomic mass is 32.1. The second kappa shape index (κ2) is 8.47. The van der Waals surface area contributed by atoms with E-state index in [1.54, 1.807) is 56.0 Å². The number of fused-ring (bicyclic) bond motifs is 1. The maximum absolute atomic E-state index is 13.8. The first-order valence-electron chi connectivity index (χ1n) is 10.6. The minimum Gasteiger partial charge on any atom is -0.444 e. The number of alkyl halides is 3. The van der Waals surface area contributed by atoms with E-state index in [1.165, 1.54) is 24.6 Å². The van der Waals surface area contributed by atoms with Crippen LogP contribution >= 0.6 is 11.3 Å². The first-order valence-corrected chi connectivity index (χ1v) is 11.4. The topological polar surface area (TPSA) is 71.2 Å². The maximum atomic E-state index is 13.8. The van der Waals surface area contributed by atoms with Crippen molar-refractivity contribution in [2.24, 2.45) is 7.05 Å². The number of nitriles is 1. The standard InChI is InChI=1S/C24H23F3N4O2S/c1-23(2,3)33-22(32)31-12-18(17-9-14(10-28)34-20(17)13-31)15-7-5-6-8-16(15)19-11-30(4)29-21(19)24(25,26)27/h5-9,11,18H,12-13H2,1-4H3/t18-/m0/s1. The van der Waals surface area contributed by atoms with Crippen LogP contribution in [0.25, 0.3) is 11.1 Å². The van der Waals surface area contributed by atoms with Crippen molar-refractivity contribution in [2.75, 3.05) is 6.54 Å². The Balaban J connectivity index is 1.84. The van der Waals surface area contributed by atoms with Gasteiger partial charge in [-0.3, -0.25) is 4.68 Å². The van der Waals surface area contributed by atoms with Gasteiger partial charge in [-0.15, -0.1) is 11.3 Å². The van der Waals surface area contributed by atoms with Crippen molar-refractivity contribution in [3.05, 3.63) is 63.1 Å². The average molecular weight is 489 g/mol. The van der Waals surface area contributed by atoms with Crippen LogP contribution in [0, 0.1) is 11.3 Å². The van der Waals surface area contributed by atoms with Crippen molar-refractivity contribution in [2.45, 2.75) is 45.0 Å². The molecular weight excluding hydrogens is 465 g/mol. The minimum absolute atomic E-state index is 0.0303. The molecule has 3 heterocycles. The Hall–Kier alpha value is -3.32. The van der Waals surface area contributed by atoms with Gasteiger partial charge in [-0.25, -0.2) is 4.79 Å². The summed E-state index contributed by atoms with van der Waals surface area (Å²) in [7, 11) is 1.45. The highest BCUT2D eigenvalue weighted by Crippen LogP contribution is 2.44. The van der Waals surface area contributed by atoms with Crippen LogP contribution in [-0.2, 0) is 24.5 Å². The lowest BCUT2D eigenvalue weighted by Crippen LogP contribution is -2.41. The molecule has 0 radical (unpaired) electrons. The van der Waals surface area contributed by atoms with Crippen LogP contribution in [-0.4, -0.2) is 32.9 Å². The molecule has 1 aliphatic rings. The lowest BCUT2D eigenvalue weighted by molar-refractivity contribution is -0.140.